The molecule has 1 aliphatic rings. The summed E-state index contributed by atoms with van der Waals surface area (Å²) < 4.78 is 1.79. The molecule has 1 saturated carbocycles. The Kier molecular flexibility index (Phi) is 3.33. The van der Waals surface area contributed by atoms with Crippen LogP contribution in [-0.2, 0) is 13.1 Å². The van der Waals surface area contributed by atoms with Crippen LogP contribution in [0.25, 0.3) is 0 Å². The van der Waals surface area contributed by atoms with E-state index in [0.717, 1.165) is 24.7 Å². The SMILES string of the molecule is CC1CC(NCc2cn(CCN)nn2)C1. The molecule has 0 amide bonds. The Morgan fingerprint density at radius 1 is 1.60 bits per heavy atom. The van der Waals surface area contributed by atoms with Gasteiger partial charge in [-0.25, -0.2) is 0 Å². The highest BCUT2D eigenvalue weighted by molar-refractivity contribution is 4.93. The quantitative estimate of drug-likeness (QED) is 0.723. The molecule has 0 spiro atoms. The molecule has 1 aromatic rings. The van der Waals surface area contributed by atoms with E-state index in [1.807, 2.05) is 6.20 Å². The maximum atomic E-state index is 5.43. The molecule has 84 valence electrons. The second-order valence-corrected chi connectivity index (χ2v) is 4.42. The van der Waals surface area contributed by atoms with Crippen molar-refractivity contribution >= 4 is 0 Å². The third-order valence-electron chi connectivity index (χ3n) is 2.89. The van der Waals surface area contributed by atoms with Gasteiger partial charge in [0.15, 0.2) is 0 Å². The molecule has 0 unspecified atom stereocenters. The van der Waals surface area contributed by atoms with E-state index >= 15 is 0 Å². The number of rotatable bonds is 5. The molecular weight excluding hydrogens is 190 g/mol. The minimum atomic E-state index is 0.608. The van der Waals surface area contributed by atoms with Gasteiger partial charge in [-0.3, -0.25) is 4.68 Å². The van der Waals surface area contributed by atoms with Gasteiger partial charge in [0.2, 0.25) is 0 Å². The zero-order chi connectivity index (χ0) is 10.7. The van der Waals surface area contributed by atoms with E-state index in [9.17, 15) is 0 Å². The zero-order valence-corrected chi connectivity index (χ0v) is 9.19. The second-order valence-electron chi connectivity index (χ2n) is 4.42. The monoisotopic (exact) mass is 209 g/mol. The van der Waals surface area contributed by atoms with E-state index in [4.69, 9.17) is 5.73 Å². The molecule has 0 atom stereocenters. The Balaban J connectivity index is 1.73. The van der Waals surface area contributed by atoms with E-state index < -0.39 is 0 Å². The van der Waals surface area contributed by atoms with Crippen LogP contribution in [0.15, 0.2) is 6.20 Å². The first-order valence-corrected chi connectivity index (χ1v) is 5.60. The average molecular weight is 209 g/mol. The third-order valence-corrected chi connectivity index (χ3v) is 2.89. The predicted octanol–water partition coefficient (Wildman–Crippen LogP) is 0.125. The van der Waals surface area contributed by atoms with E-state index in [-0.39, 0.29) is 0 Å². The van der Waals surface area contributed by atoms with Gasteiger partial charge in [-0.05, 0) is 18.8 Å². The Hall–Kier alpha value is -0.940. The van der Waals surface area contributed by atoms with Gasteiger partial charge in [-0.1, -0.05) is 12.1 Å². The van der Waals surface area contributed by atoms with E-state index in [1.165, 1.54) is 12.8 Å². The van der Waals surface area contributed by atoms with Crippen LogP contribution >= 0.6 is 0 Å². The lowest BCUT2D eigenvalue weighted by Crippen LogP contribution is -2.39. The van der Waals surface area contributed by atoms with Crippen LogP contribution in [0.2, 0.25) is 0 Å². The van der Waals surface area contributed by atoms with Crippen LogP contribution in [0.5, 0.6) is 0 Å². The van der Waals surface area contributed by atoms with Crippen LogP contribution in [0, 0.1) is 5.92 Å². The van der Waals surface area contributed by atoms with Crippen LogP contribution < -0.4 is 11.1 Å². The summed E-state index contributed by atoms with van der Waals surface area (Å²) in [6.07, 6.45) is 4.54. The Morgan fingerprint density at radius 2 is 2.40 bits per heavy atom. The second kappa shape index (κ2) is 4.72. The maximum Gasteiger partial charge on any atom is 0.0964 e. The summed E-state index contributed by atoms with van der Waals surface area (Å²) in [5, 5.41) is 11.5. The van der Waals surface area contributed by atoms with Gasteiger partial charge in [-0.15, -0.1) is 5.10 Å². The Bertz CT molecular complexity index is 303. The number of aromatic nitrogens is 3. The number of nitrogens with zero attached hydrogens (tertiary/aromatic N) is 3. The van der Waals surface area contributed by atoms with E-state index in [2.05, 4.69) is 22.6 Å². The molecule has 2 rings (SSSR count). The summed E-state index contributed by atoms with van der Waals surface area (Å²) in [4.78, 5) is 0. The van der Waals surface area contributed by atoms with Crippen molar-refractivity contribution in [1.29, 1.82) is 0 Å². The van der Waals surface area contributed by atoms with E-state index in [0.29, 0.717) is 12.6 Å². The topological polar surface area (TPSA) is 68.8 Å². The predicted molar refractivity (Wildman–Crippen MR) is 58.1 cm³/mol. The summed E-state index contributed by atoms with van der Waals surface area (Å²) in [7, 11) is 0. The molecule has 1 aliphatic carbocycles. The molecule has 0 aliphatic heterocycles. The number of hydrogen-bond acceptors (Lipinski definition) is 4. The van der Waals surface area contributed by atoms with Crippen LogP contribution in [-0.4, -0.2) is 27.6 Å². The molecule has 3 N–H and O–H groups in total. The van der Waals surface area contributed by atoms with Crippen molar-refractivity contribution in [3.63, 3.8) is 0 Å². The first-order valence-electron chi connectivity index (χ1n) is 5.60. The highest BCUT2D eigenvalue weighted by atomic mass is 15.4. The normalized spacial score (nSPS) is 25.2. The van der Waals surface area contributed by atoms with Crippen LogP contribution in [0.1, 0.15) is 25.5 Å². The lowest BCUT2D eigenvalue weighted by molar-refractivity contribution is 0.239. The molecule has 1 fully saturated rings. The summed E-state index contributed by atoms with van der Waals surface area (Å²) >= 11 is 0. The molecule has 0 bridgehead atoms. The fourth-order valence-electron chi connectivity index (χ4n) is 1.98. The standard InChI is InChI=1S/C10H19N5/c1-8-4-9(5-8)12-6-10-7-15(3-2-11)14-13-10/h7-9,12H,2-6,11H2,1H3. The number of hydrogen-bond donors (Lipinski definition) is 2. The average Bonchev–Trinajstić information content (AvgIpc) is 2.59. The third kappa shape index (κ3) is 2.76. The lowest BCUT2D eigenvalue weighted by atomic mass is 9.82. The first kappa shape index (κ1) is 10.6. The Morgan fingerprint density at radius 3 is 3.07 bits per heavy atom. The molecule has 5 nitrogen and oxygen atoms in total. The van der Waals surface area contributed by atoms with Gasteiger partial charge in [-0.2, -0.15) is 0 Å². The van der Waals surface area contributed by atoms with Crippen molar-refractivity contribution in [2.45, 2.75) is 38.9 Å². The smallest absolute Gasteiger partial charge is 0.0964 e. The molecule has 15 heavy (non-hydrogen) atoms. The highest BCUT2D eigenvalue weighted by Gasteiger charge is 2.24. The van der Waals surface area contributed by atoms with Crippen molar-refractivity contribution in [1.82, 2.24) is 20.3 Å². The summed E-state index contributed by atoms with van der Waals surface area (Å²) in [5.74, 6) is 0.885. The van der Waals surface area contributed by atoms with Crippen molar-refractivity contribution < 1.29 is 0 Å². The molecule has 0 saturated heterocycles. The fraction of sp³-hybridized carbons (Fsp3) is 0.800. The van der Waals surface area contributed by atoms with Crippen LogP contribution in [0.3, 0.4) is 0 Å². The van der Waals surface area contributed by atoms with Crippen LogP contribution in [0.4, 0.5) is 0 Å². The molecule has 0 aromatic carbocycles. The van der Waals surface area contributed by atoms with Crippen molar-refractivity contribution in [2.24, 2.45) is 11.7 Å². The molecule has 1 aromatic heterocycles. The minimum Gasteiger partial charge on any atom is -0.329 e. The maximum absolute atomic E-state index is 5.43. The Labute approximate surface area is 90.0 Å². The minimum absolute atomic E-state index is 0.608. The lowest BCUT2D eigenvalue weighted by Gasteiger charge is -2.33. The van der Waals surface area contributed by atoms with Gasteiger partial charge < -0.3 is 11.1 Å². The van der Waals surface area contributed by atoms with Gasteiger partial charge in [0.1, 0.15) is 0 Å². The number of nitrogens with one attached hydrogen (secondary N) is 1. The van der Waals surface area contributed by atoms with E-state index in [1.54, 1.807) is 4.68 Å². The summed E-state index contributed by atoms with van der Waals surface area (Å²) in [6.45, 7) is 4.46. The van der Waals surface area contributed by atoms with Gasteiger partial charge >= 0.3 is 0 Å². The summed E-state index contributed by atoms with van der Waals surface area (Å²) in [6, 6.07) is 0.680. The van der Waals surface area contributed by atoms with Crippen molar-refractivity contribution in [2.75, 3.05) is 6.54 Å². The largest absolute Gasteiger partial charge is 0.329 e. The fourth-order valence-corrected chi connectivity index (χ4v) is 1.98. The molecular formula is C10H19N5. The molecule has 0 radical (unpaired) electrons. The first-order chi connectivity index (χ1) is 7.28. The molecule has 5 heteroatoms. The molecule has 1 heterocycles. The summed E-state index contributed by atoms with van der Waals surface area (Å²) in [5.41, 5.74) is 6.44. The van der Waals surface area contributed by atoms with Gasteiger partial charge in [0, 0.05) is 25.3 Å². The van der Waals surface area contributed by atoms with Gasteiger partial charge in [0.25, 0.3) is 0 Å². The highest BCUT2D eigenvalue weighted by Crippen LogP contribution is 2.26. The number of nitrogens with two attached hydrogens (primary N) is 1. The zero-order valence-electron chi connectivity index (χ0n) is 9.19. The van der Waals surface area contributed by atoms with Crippen molar-refractivity contribution in [3.05, 3.63) is 11.9 Å². The van der Waals surface area contributed by atoms with Gasteiger partial charge in [0.05, 0.1) is 12.2 Å². The van der Waals surface area contributed by atoms with Crippen molar-refractivity contribution in [3.8, 4) is 0 Å².